The molecule has 11 heteroatoms. The molecule has 0 spiro atoms. The molecule has 0 heterocycles. The van der Waals surface area contributed by atoms with Crippen molar-refractivity contribution in [2.75, 3.05) is 16.1 Å². The summed E-state index contributed by atoms with van der Waals surface area (Å²) in [5.41, 5.74) is 19.9. The fraction of sp³-hybridized carbons (Fsp3) is 0.165. The number of anilines is 6. The Labute approximate surface area is 613 Å². The van der Waals surface area contributed by atoms with E-state index in [1.54, 1.807) is 35.7 Å². The first-order chi connectivity index (χ1) is 49.3. The number of thiocarbonyl (C=S) groups is 1. The van der Waals surface area contributed by atoms with Gasteiger partial charge in [-0.3, -0.25) is 0 Å². The third-order valence-electron chi connectivity index (χ3n) is 19.7. The van der Waals surface area contributed by atoms with Crippen molar-refractivity contribution in [3.05, 3.63) is 338 Å². The van der Waals surface area contributed by atoms with Gasteiger partial charge in [0.2, 0.25) is 0 Å². The van der Waals surface area contributed by atoms with Crippen molar-refractivity contribution in [1.82, 2.24) is 0 Å². The molecule has 102 heavy (non-hydrogen) atoms. The van der Waals surface area contributed by atoms with E-state index in [-0.39, 0.29) is 34.4 Å². The van der Waals surface area contributed by atoms with E-state index in [2.05, 4.69) is 321 Å². The first kappa shape index (κ1) is 71.5. The second kappa shape index (κ2) is 32.1. The third-order valence-corrected chi connectivity index (χ3v) is 22.5. The van der Waals surface area contributed by atoms with Crippen molar-refractivity contribution >= 4 is 73.4 Å². The average Bonchev–Trinajstić information content (AvgIpc) is 0.787. The molecule has 12 rings (SSSR count). The van der Waals surface area contributed by atoms with E-state index in [1.807, 2.05) is 32.2 Å². The lowest BCUT2D eigenvalue weighted by atomic mass is 9.62. The Balaban J connectivity index is 0.752. The summed E-state index contributed by atoms with van der Waals surface area (Å²) >= 11 is 9.24. The number of rotatable bonds is 25. The van der Waals surface area contributed by atoms with Crippen LogP contribution in [0.25, 0.3) is 55.6 Å². The average molecular weight is 1400 g/mol. The smallest absolute Gasteiger partial charge is 0.344 e. The van der Waals surface area contributed by atoms with Gasteiger partial charge >= 0.3 is 12.1 Å². The minimum atomic E-state index is -2.52. The van der Waals surface area contributed by atoms with E-state index >= 15 is 0 Å². The van der Waals surface area contributed by atoms with Gasteiger partial charge < -0.3 is 19.3 Å². The summed E-state index contributed by atoms with van der Waals surface area (Å²) in [6.45, 7) is 13.2. The Morgan fingerprint density at radius 3 is 1.11 bits per heavy atom. The van der Waals surface area contributed by atoms with Gasteiger partial charge in [0.25, 0.3) is 0 Å². The lowest BCUT2D eigenvalue weighted by Crippen LogP contribution is -2.34. The van der Waals surface area contributed by atoms with Gasteiger partial charge in [0.15, 0.2) is 0 Å². The molecule has 0 aromatic heterocycles. The number of hydrogen-bond acceptors (Lipinski definition) is 8. The molecule has 0 saturated heterocycles. The summed E-state index contributed by atoms with van der Waals surface area (Å²) in [7, 11) is 0. The van der Waals surface area contributed by atoms with Gasteiger partial charge in [0.05, 0.1) is 11.5 Å². The number of nitrogens with zero attached hydrogens (tertiary/aromatic N) is 3. The second-order valence-corrected chi connectivity index (χ2v) is 30.9. The van der Waals surface area contributed by atoms with Crippen LogP contribution in [0.5, 0.6) is 11.5 Å². The van der Waals surface area contributed by atoms with E-state index in [4.69, 9.17) is 17.0 Å². The predicted octanol–water partition coefficient (Wildman–Crippen LogP) is 27.3. The van der Waals surface area contributed by atoms with Gasteiger partial charge in [-0.1, -0.05) is 238 Å². The molecule has 5 nitrogen and oxygen atoms in total. The van der Waals surface area contributed by atoms with Crippen molar-refractivity contribution in [3.8, 4) is 73.2 Å². The van der Waals surface area contributed by atoms with Crippen molar-refractivity contribution in [2.45, 2.75) is 77.6 Å². The maximum atomic E-state index is 13.4. The summed E-state index contributed by atoms with van der Waals surface area (Å²) < 4.78 is 50.0. The van der Waals surface area contributed by atoms with Crippen LogP contribution in [0.4, 0.5) is 47.3 Å². The third kappa shape index (κ3) is 17.2. The largest absolute Gasteiger partial charge is 0.489 e. The molecule has 0 N–H and O–H groups in total. The molecule has 0 amide bonds. The van der Waals surface area contributed by atoms with E-state index in [1.165, 1.54) is 39.9 Å². The van der Waals surface area contributed by atoms with Gasteiger partial charge in [-0.15, -0.1) is 23.5 Å². The molecule has 0 saturated carbocycles. The minimum Gasteiger partial charge on any atom is -0.489 e. The Morgan fingerprint density at radius 1 is 0.422 bits per heavy atom. The summed E-state index contributed by atoms with van der Waals surface area (Å²) in [6, 6.07) is 109. The van der Waals surface area contributed by atoms with Crippen molar-refractivity contribution in [2.24, 2.45) is 10.8 Å². The highest BCUT2D eigenvalue weighted by atomic mass is 32.2. The topological polar surface area (TPSA) is 48.7 Å². The molecule has 12 aromatic carbocycles. The monoisotopic (exact) mass is 1400 g/mol. The molecule has 0 bridgehead atoms. The number of para-hydroxylation sites is 1. The number of ether oxygens (including phenoxy) is 2. The molecule has 510 valence electrons. The fourth-order valence-electron chi connectivity index (χ4n) is 13.1. The normalized spacial score (nSPS) is 12.2. The summed E-state index contributed by atoms with van der Waals surface area (Å²) in [5, 5.41) is 10.5. The molecule has 0 aliphatic heterocycles. The Bertz CT molecular complexity index is 4740. The highest BCUT2D eigenvalue weighted by Crippen LogP contribution is 2.52. The van der Waals surface area contributed by atoms with E-state index in [9.17, 15) is 18.4 Å². The zero-order valence-corrected chi connectivity index (χ0v) is 60.7. The van der Waals surface area contributed by atoms with Gasteiger partial charge in [-0.2, -0.15) is 18.4 Å². The first-order valence-electron chi connectivity index (χ1n) is 34.2. The molecule has 0 radical (unpaired) electrons. The van der Waals surface area contributed by atoms with E-state index < -0.39 is 17.5 Å². The van der Waals surface area contributed by atoms with E-state index in [0.29, 0.717) is 5.75 Å². The van der Waals surface area contributed by atoms with Crippen molar-refractivity contribution in [1.29, 1.82) is 5.26 Å². The number of benzene rings is 12. The SMILES string of the molecule is CSC(=S)SC(C)(C)C(CC(CC(C)(C)C(C)(C)C#N)c1ccc(OCc2ccc(OC(F)=C(F)F)cc2)cc1)c1ccc(-c2ccc(-c3ccc(N(c4ccccc4)c4ccc(-c5ccc(N(c6ccc(-c7ccccc7)cc6)c6ccc(-c7ccccc7)cc6)cc5)cc4)cc3)cc2)cc1. The Morgan fingerprint density at radius 2 is 0.745 bits per heavy atom. The molecular weight excluding hydrogens is 1320 g/mol. The molecule has 2 unspecified atom stereocenters. The molecule has 12 aromatic rings. The number of halogens is 3. The zero-order chi connectivity index (χ0) is 71.4. The van der Waals surface area contributed by atoms with Gasteiger partial charge in [-0.25, -0.2) is 0 Å². The molecule has 0 fully saturated rings. The Hall–Kier alpha value is -10.4. The number of thioether (sulfide) groups is 2. The van der Waals surface area contributed by atoms with E-state index in [0.717, 1.165) is 95.0 Å². The van der Waals surface area contributed by atoms with Crippen LogP contribution >= 0.6 is 35.7 Å². The lowest BCUT2D eigenvalue weighted by molar-refractivity contribution is 0.141. The first-order valence-corrected chi connectivity index (χ1v) is 36.6. The van der Waals surface area contributed by atoms with Gasteiger partial charge in [0.1, 0.15) is 21.6 Å². The summed E-state index contributed by atoms with van der Waals surface area (Å²) in [6.07, 6.45) is 1.05. The zero-order valence-electron chi connectivity index (χ0n) is 58.2. The predicted molar refractivity (Wildman–Crippen MR) is 427 cm³/mol. The maximum absolute atomic E-state index is 13.4. The standard InChI is InChI=1S/C91H80F3N3O2S3/c1-89(2,90(3,4)62-95)60-76(74-43-57-83(58-44-74)98-61-63-23-55-84(56-24-63)99-87(94)86(92)93)59-85(91(5,6)102-88(100)101-7)75-31-29-68(30-32-75)66-25-27-67(28-26-66)71-37-49-78(50-38-71)96(77-21-15-10-16-22-77)79-51-39-72(40-52-79)73-41-53-82(54-42-73)97(80-45-33-69(34-46-80)64-17-11-8-12-18-64)81-47-35-70(36-48-81)65-19-13-9-14-20-65/h8-58,76,85H,59-61H2,1-7H3. The van der Waals surface area contributed by atoms with Crippen LogP contribution in [0.15, 0.2) is 321 Å². The van der Waals surface area contributed by atoms with Crippen molar-refractivity contribution in [3.63, 3.8) is 0 Å². The summed E-state index contributed by atoms with van der Waals surface area (Å²) in [5.74, 6) is 0.703. The molecule has 0 aliphatic rings. The molecule has 2 atom stereocenters. The highest BCUT2D eigenvalue weighted by Gasteiger charge is 2.42. The second-order valence-electron chi connectivity index (χ2n) is 27.3. The lowest BCUT2D eigenvalue weighted by Gasteiger charge is -2.42. The minimum absolute atomic E-state index is 0.0433. The van der Waals surface area contributed by atoms with Crippen LogP contribution in [0.3, 0.4) is 0 Å². The van der Waals surface area contributed by atoms with Crippen LogP contribution in [0.2, 0.25) is 0 Å². The number of nitriles is 1. The molecular formula is C91H80F3N3O2S3. The quantitative estimate of drug-likeness (QED) is 0.0414. The number of hydrogen-bond donors (Lipinski definition) is 0. The maximum Gasteiger partial charge on any atom is 0.344 e. The van der Waals surface area contributed by atoms with Crippen LogP contribution in [0, 0.1) is 22.2 Å². The van der Waals surface area contributed by atoms with Crippen LogP contribution in [-0.4, -0.2) is 14.5 Å². The highest BCUT2D eigenvalue weighted by molar-refractivity contribution is 8.47. The molecule has 0 aliphatic carbocycles. The van der Waals surface area contributed by atoms with Crippen LogP contribution in [-0.2, 0) is 6.61 Å². The van der Waals surface area contributed by atoms with Gasteiger partial charge in [0, 0.05) is 38.9 Å². The van der Waals surface area contributed by atoms with Crippen LogP contribution in [0.1, 0.15) is 82.9 Å². The van der Waals surface area contributed by atoms with Crippen molar-refractivity contribution < 1.29 is 22.6 Å². The Kier molecular flexibility index (Phi) is 22.5. The summed E-state index contributed by atoms with van der Waals surface area (Å²) in [4.78, 5) is 4.63. The van der Waals surface area contributed by atoms with Gasteiger partial charge in [-0.05, 0) is 233 Å². The van der Waals surface area contributed by atoms with Crippen LogP contribution < -0.4 is 19.3 Å². The fourth-order valence-corrected chi connectivity index (χ4v) is 15.5.